The molecule has 0 radical (unpaired) electrons. The third-order valence-corrected chi connectivity index (χ3v) is 6.66. The number of rotatable bonds is 5. The Morgan fingerprint density at radius 2 is 2.00 bits per heavy atom. The second-order valence-corrected chi connectivity index (χ2v) is 8.95. The molecule has 30 heavy (non-hydrogen) atoms. The number of anilines is 1. The molecular weight excluding hydrogens is 466 g/mol. The summed E-state index contributed by atoms with van der Waals surface area (Å²) < 4.78 is 8.23. The maximum absolute atomic E-state index is 13.3. The number of carbonyl (C=O) groups is 1. The number of hydrogen-bond acceptors (Lipinski definition) is 6. The highest BCUT2D eigenvalue weighted by Crippen LogP contribution is 2.38. The first-order valence-electron chi connectivity index (χ1n) is 9.61. The minimum absolute atomic E-state index is 0.108. The van der Waals surface area contributed by atoms with Gasteiger partial charge < -0.3 is 15.5 Å². The minimum Gasteiger partial charge on any atom is -0.494 e. The van der Waals surface area contributed by atoms with Crippen LogP contribution in [0.2, 0.25) is 0 Å². The zero-order valence-electron chi connectivity index (χ0n) is 16.8. The van der Waals surface area contributed by atoms with Crippen LogP contribution in [0.15, 0.2) is 52.1 Å². The van der Waals surface area contributed by atoms with Gasteiger partial charge in [0.15, 0.2) is 0 Å². The van der Waals surface area contributed by atoms with E-state index in [4.69, 9.17) is 4.74 Å². The predicted molar refractivity (Wildman–Crippen MR) is 122 cm³/mol. The number of amides is 1. The van der Waals surface area contributed by atoms with Crippen LogP contribution in [0.5, 0.6) is 5.75 Å². The van der Waals surface area contributed by atoms with Gasteiger partial charge in [-0.25, -0.2) is 4.68 Å². The van der Waals surface area contributed by atoms with Gasteiger partial charge in [0.1, 0.15) is 16.8 Å². The molecule has 9 heteroatoms. The fourth-order valence-corrected chi connectivity index (χ4v) is 4.99. The molecule has 2 N–H and O–H groups in total. The molecule has 1 aliphatic heterocycles. The molecule has 0 aliphatic carbocycles. The summed E-state index contributed by atoms with van der Waals surface area (Å²) in [6.07, 6.45) is 0. The van der Waals surface area contributed by atoms with Crippen molar-refractivity contribution < 1.29 is 9.53 Å². The first kappa shape index (κ1) is 20.7. The Hall–Kier alpha value is -2.52. The molecule has 2 aromatic carbocycles. The van der Waals surface area contributed by atoms with Crippen LogP contribution in [0.3, 0.4) is 0 Å². The largest absolute Gasteiger partial charge is 0.494 e. The zero-order valence-corrected chi connectivity index (χ0v) is 19.3. The van der Waals surface area contributed by atoms with Crippen molar-refractivity contribution in [2.45, 2.75) is 37.2 Å². The van der Waals surface area contributed by atoms with Crippen molar-refractivity contribution >= 4 is 39.3 Å². The summed E-state index contributed by atoms with van der Waals surface area (Å²) in [7, 11) is 0. The van der Waals surface area contributed by atoms with Gasteiger partial charge in [-0.1, -0.05) is 30.0 Å². The number of aromatic nitrogens is 3. The summed E-state index contributed by atoms with van der Waals surface area (Å²) in [5.41, 5.74) is 6.24. The van der Waals surface area contributed by atoms with Crippen LogP contribution in [0, 0.1) is 13.8 Å². The van der Waals surface area contributed by atoms with Crippen molar-refractivity contribution in [2.24, 2.45) is 0 Å². The second-order valence-electron chi connectivity index (χ2n) is 6.99. The smallest absolute Gasteiger partial charge is 0.240 e. The van der Waals surface area contributed by atoms with Gasteiger partial charge in [-0.05, 0) is 72.1 Å². The molecule has 0 unspecified atom stereocenters. The van der Waals surface area contributed by atoms with E-state index in [1.165, 1.54) is 11.8 Å². The van der Waals surface area contributed by atoms with Gasteiger partial charge in [-0.2, -0.15) is 0 Å². The summed E-state index contributed by atoms with van der Waals surface area (Å²) in [4.78, 5) is 13.3. The van der Waals surface area contributed by atoms with E-state index in [9.17, 15) is 4.79 Å². The van der Waals surface area contributed by atoms with Gasteiger partial charge in [0.25, 0.3) is 0 Å². The van der Waals surface area contributed by atoms with E-state index < -0.39 is 5.25 Å². The van der Waals surface area contributed by atoms with Crippen LogP contribution in [-0.4, -0.2) is 32.6 Å². The fraction of sp³-hybridized carbons (Fsp3) is 0.286. The lowest BCUT2D eigenvalue weighted by Gasteiger charge is -2.32. The molecule has 0 spiro atoms. The molecule has 156 valence electrons. The van der Waals surface area contributed by atoms with Gasteiger partial charge in [-0.15, -0.1) is 10.2 Å². The van der Waals surface area contributed by atoms with E-state index in [0.29, 0.717) is 11.8 Å². The number of hydrogen-bond donors (Lipinski definition) is 2. The van der Waals surface area contributed by atoms with Crippen molar-refractivity contribution in [1.29, 1.82) is 0 Å². The Morgan fingerprint density at radius 1 is 1.23 bits per heavy atom. The normalized spacial score (nSPS) is 17.7. The highest BCUT2D eigenvalue weighted by molar-refractivity contribution is 9.10. The molecule has 0 fully saturated rings. The quantitative estimate of drug-likeness (QED) is 0.552. The van der Waals surface area contributed by atoms with Crippen LogP contribution >= 0.6 is 27.7 Å². The molecular formula is C21H22BrN5O2S. The number of benzene rings is 2. The van der Waals surface area contributed by atoms with E-state index in [0.717, 1.165) is 32.9 Å². The molecule has 0 bridgehead atoms. The second kappa shape index (κ2) is 8.69. The molecule has 4 rings (SSSR count). The average molecular weight is 488 g/mol. The summed E-state index contributed by atoms with van der Waals surface area (Å²) in [5.74, 6) is 1.44. The molecule has 2 heterocycles. The van der Waals surface area contributed by atoms with Crippen molar-refractivity contribution in [2.75, 3.05) is 17.3 Å². The third kappa shape index (κ3) is 4.17. The Labute approximate surface area is 187 Å². The van der Waals surface area contributed by atoms with Crippen molar-refractivity contribution in [3.05, 3.63) is 63.9 Å². The Balaban J connectivity index is 1.64. The van der Waals surface area contributed by atoms with Crippen molar-refractivity contribution in [1.82, 2.24) is 14.9 Å². The van der Waals surface area contributed by atoms with Crippen LogP contribution < -0.4 is 15.5 Å². The molecule has 1 aromatic heterocycles. The lowest BCUT2D eigenvalue weighted by atomic mass is 10.0. The fourth-order valence-electron chi connectivity index (χ4n) is 3.27. The average Bonchev–Trinajstić information content (AvgIpc) is 3.10. The summed E-state index contributed by atoms with van der Waals surface area (Å²) in [6.45, 7) is 6.45. The molecule has 0 saturated heterocycles. The Kier molecular flexibility index (Phi) is 6.01. The Morgan fingerprint density at radius 3 is 2.70 bits per heavy atom. The number of halogens is 1. The first-order chi connectivity index (χ1) is 14.5. The number of nitrogens with zero attached hydrogens (tertiary/aromatic N) is 3. The number of nitrogens with one attached hydrogen (secondary N) is 2. The number of carbonyl (C=O) groups excluding carboxylic acids is 1. The van der Waals surface area contributed by atoms with E-state index in [2.05, 4.69) is 36.9 Å². The van der Waals surface area contributed by atoms with Crippen molar-refractivity contribution in [3.63, 3.8) is 0 Å². The summed E-state index contributed by atoms with van der Waals surface area (Å²) in [6, 6.07) is 13.4. The summed E-state index contributed by atoms with van der Waals surface area (Å²) >= 11 is 4.93. The topological polar surface area (TPSA) is 81.1 Å². The van der Waals surface area contributed by atoms with Crippen LogP contribution in [0.4, 0.5) is 5.69 Å². The van der Waals surface area contributed by atoms with Gasteiger partial charge in [-0.3, -0.25) is 4.79 Å². The minimum atomic E-state index is -0.438. The lowest BCUT2D eigenvalue weighted by Crippen LogP contribution is -2.41. The first-order valence-corrected chi connectivity index (χ1v) is 11.3. The van der Waals surface area contributed by atoms with E-state index in [-0.39, 0.29) is 11.9 Å². The highest BCUT2D eigenvalue weighted by atomic mass is 79.9. The number of ether oxygens (including phenoxy) is 1. The zero-order chi connectivity index (χ0) is 21.3. The lowest BCUT2D eigenvalue weighted by molar-refractivity contribution is -0.116. The molecule has 2 atom stereocenters. The van der Waals surface area contributed by atoms with Crippen LogP contribution in [-0.2, 0) is 4.79 Å². The van der Waals surface area contributed by atoms with Crippen LogP contribution in [0.25, 0.3) is 0 Å². The maximum Gasteiger partial charge on any atom is 0.240 e. The molecule has 3 aromatic rings. The van der Waals surface area contributed by atoms with Gasteiger partial charge in [0, 0.05) is 4.47 Å². The van der Waals surface area contributed by atoms with E-state index in [1.807, 2.05) is 67.9 Å². The van der Waals surface area contributed by atoms with Crippen LogP contribution in [0.1, 0.15) is 29.9 Å². The standard InChI is InChI=1S/C21H22BrN5O2S/c1-4-29-15-8-6-14(7-9-15)18-19(30-21-25-24-13(3)27(21)26-18)20(28)23-17-10-5-12(2)11-16(17)22/h5-11,18-19,26H,4H2,1-3H3,(H,23,28)/t18-,19+/m0/s1. The van der Waals surface area contributed by atoms with Gasteiger partial charge >= 0.3 is 0 Å². The molecule has 7 nitrogen and oxygen atoms in total. The predicted octanol–water partition coefficient (Wildman–Crippen LogP) is 4.45. The van der Waals surface area contributed by atoms with Crippen molar-refractivity contribution in [3.8, 4) is 5.75 Å². The molecule has 1 amide bonds. The SMILES string of the molecule is CCOc1ccc([C@@H]2Nn3c(C)nnc3S[C@H]2C(=O)Nc2ccc(C)cc2Br)cc1. The van der Waals surface area contributed by atoms with Gasteiger partial charge in [0.2, 0.25) is 11.1 Å². The van der Waals surface area contributed by atoms with E-state index >= 15 is 0 Å². The maximum atomic E-state index is 13.3. The molecule has 0 saturated carbocycles. The summed E-state index contributed by atoms with van der Waals surface area (Å²) in [5, 5.41) is 11.6. The number of fused-ring (bicyclic) bond motifs is 1. The van der Waals surface area contributed by atoms with Gasteiger partial charge in [0.05, 0.1) is 18.3 Å². The number of aryl methyl sites for hydroxylation is 2. The third-order valence-electron chi connectivity index (χ3n) is 4.79. The van der Waals surface area contributed by atoms with E-state index in [1.54, 1.807) is 0 Å². The Bertz CT molecular complexity index is 1070. The molecule has 1 aliphatic rings. The monoisotopic (exact) mass is 487 g/mol. The highest BCUT2D eigenvalue weighted by Gasteiger charge is 2.37. The number of thioether (sulfide) groups is 1.